The molecule has 2 rings (SSSR count). The third-order valence-corrected chi connectivity index (χ3v) is 5.07. The molecule has 2 N–H and O–H groups in total. The Labute approximate surface area is 155 Å². The van der Waals surface area contributed by atoms with Gasteiger partial charge in [-0.15, -0.1) is 0 Å². The van der Waals surface area contributed by atoms with E-state index in [1.165, 1.54) is 43.9 Å². The molecule has 0 aromatic heterocycles. The lowest BCUT2D eigenvalue weighted by Gasteiger charge is -2.13. The first-order valence-corrected chi connectivity index (χ1v) is 10.4. The smallest absolute Gasteiger partial charge is 0.294 e. The summed E-state index contributed by atoms with van der Waals surface area (Å²) in [5.41, 5.74) is 0.709. The molecule has 5 nitrogen and oxygen atoms in total. The Bertz CT molecular complexity index is 815. The van der Waals surface area contributed by atoms with Crippen LogP contribution < -0.4 is 4.74 Å². The van der Waals surface area contributed by atoms with Gasteiger partial charge in [-0.2, -0.15) is 8.42 Å². The molecule has 26 heavy (non-hydrogen) atoms. The zero-order valence-electron chi connectivity index (χ0n) is 15.0. The van der Waals surface area contributed by atoms with E-state index in [1.807, 2.05) is 0 Å². The number of phenolic OH excluding ortho intramolecular Hbond substituents is 1. The third kappa shape index (κ3) is 6.04. The van der Waals surface area contributed by atoms with Gasteiger partial charge in [-0.25, -0.2) is 0 Å². The number of ether oxygens (including phenoxy) is 1. The average molecular weight is 378 g/mol. The molecule has 0 atom stereocenters. The summed E-state index contributed by atoms with van der Waals surface area (Å²) < 4.78 is 37.5. The fourth-order valence-corrected chi connectivity index (χ4v) is 3.32. The molecule has 0 radical (unpaired) electrons. The lowest BCUT2D eigenvalue weighted by atomic mass is 10.0. The summed E-state index contributed by atoms with van der Waals surface area (Å²) in [4.78, 5) is -0.229. The fourth-order valence-electron chi connectivity index (χ4n) is 2.81. The van der Waals surface area contributed by atoms with Crippen LogP contribution in [-0.2, 0) is 16.5 Å². The van der Waals surface area contributed by atoms with Gasteiger partial charge in [0.25, 0.3) is 10.1 Å². The Kier molecular flexibility index (Phi) is 7.48. The molecular formula is C20H26O5S. The van der Waals surface area contributed by atoms with E-state index in [9.17, 15) is 13.5 Å². The summed E-state index contributed by atoms with van der Waals surface area (Å²) in [6.07, 6.45) is 7.58. The highest BCUT2D eigenvalue weighted by molar-refractivity contribution is 7.85. The highest BCUT2D eigenvalue weighted by Gasteiger charge is 2.13. The lowest BCUT2D eigenvalue weighted by Crippen LogP contribution is -1.98. The van der Waals surface area contributed by atoms with Gasteiger partial charge in [-0.05, 0) is 37.1 Å². The van der Waals surface area contributed by atoms with Crippen molar-refractivity contribution < 1.29 is 22.8 Å². The number of phenols is 1. The van der Waals surface area contributed by atoms with Gasteiger partial charge in [0.15, 0.2) is 0 Å². The van der Waals surface area contributed by atoms with Crippen LogP contribution in [0.25, 0.3) is 0 Å². The number of rotatable bonds is 10. The predicted octanol–water partition coefficient (Wildman–Crippen LogP) is 5.33. The Morgan fingerprint density at radius 2 is 1.65 bits per heavy atom. The molecule has 0 bridgehead atoms. The van der Waals surface area contributed by atoms with Gasteiger partial charge < -0.3 is 9.84 Å². The molecule has 0 fully saturated rings. The molecule has 0 aliphatic carbocycles. The number of hydrogen-bond acceptors (Lipinski definition) is 4. The van der Waals surface area contributed by atoms with Gasteiger partial charge in [-0.3, -0.25) is 4.55 Å². The minimum atomic E-state index is -4.29. The van der Waals surface area contributed by atoms with E-state index in [0.29, 0.717) is 17.7 Å². The van der Waals surface area contributed by atoms with Crippen LogP contribution in [0.2, 0.25) is 0 Å². The van der Waals surface area contributed by atoms with E-state index in [4.69, 9.17) is 9.29 Å². The van der Waals surface area contributed by atoms with E-state index in [0.717, 1.165) is 12.8 Å². The van der Waals surface area contributed by atoms with E-state index in [2.05, 4.69) is 6.92 Å². The molecule has 6 heteroatoms. The number of benzene rings is 2. The second kappa shape index (κ2) is 9.59. The molecule has 142 valence electrons. The van der Waals surface area contributed by atoms with Crippen molar-refractivity contribution in [1.29, 1.82) is 0 Å². The molecule has 2 aromatic rings. The van der Waals surface area contributed by atoms with Crippen LogP contribution in [0.3, 0.4) is 0 Å². The van der Waals surface area contributed by atoms with Crippen molar-refractivity contribution in [2.24, 2.45) is 0 Å². The number of aromatic hydroxyl groups is 1. The second-order valence-corrected chi connectivity index (χ2v) is 7.75. The molecule has 0 unspecified atom stereocenters. The first-order chi connectivity index (χ1) is 12.4. The summed E-state index contributed by atoms with van der Waals surface area (Å²) in [5, 5.41) is 10.2. The van der Waals surface area contributed by atoms with Gasteiger partial charge in [-0.1, -0.05) is 51.2 Å². The maximum absolute atomic E-state index is 11.3. The first kappa shape index (κ1) is 20.3. The zero-order chi connectivity index (χ0) is 19.0. The van der Waals surface area contributed by atoms with Crippen molar-refractivity contribution in [3.63, 3.8) is 0 Å². The predicted molar refractivity (Wildman–Crippen MR) is 102 cm³/mol. The Morgan fingerprint density at radius 1 is 0.962 bits per heavy atom. The van der Waals surface area contributed by atoms with E-state index in [-0.39, 0.29) is 16.4 Å². The summed E-state index contributed by atoms with van der Waals surface area (Å²) in [6, 6.07) is 10.7. The number of hydrogen-bond donors (Lipinski definition) is 2. The van der Waals surface area contributed by atoms with Crippen molar-refractivity contribution in [1.82, 2.24) is 0 Å². The average Bonchev–Trinajstić information content (AvgIpc) is 2.59. The topological polar surface area (TPSA) is 83.8 Å². The fraction of sp³-hybridized carbons (Fsp3) is 0.400. The summed E-state index contributed by atoms with van der Waals surface area (Å²) in [7, 11) is -4.29. The van der Waals surface area contributed by atoms with Crippen LogP contribution >= 0.6 is 0 Å². The molecule has 0 aliphatic rings. The summed E-state index contributed by atoms with van der Waals surface area (Å²) in [5.74, 6) is 0.947. The monoisotopic (exact) mass is 378 g/mol. The van der Waals surface area contributed by atoms with Crippen molar-refractivity contribution in [3.05, 3.63) is 48.0 Å². The highest BCUT2D eigenvalue weighted by atomic mass is 32.2. The maximum Gasteiger partial charge on any atom is 0.294 e. The SMILES string of the molecule is CCCCCCCCc1c(O)cccc1Oc1cccc(S(=O)(=O)O)c1. The van der Waals surface area contributed by atoms with Crippen molar-refractivity contribution in [3.8, 4) is 17.2 Å². The molecule has 0 heterocycles. The molecule has 0 saturated heterocycles. The van der Waals surface area contributed by atoms with Gasteiger partial charge >= 0.3 is 0 Å². The van der Waals surface area contributed by atoms with Gasteiger partial charge in [0, 0.05) is 11.6 Å². The Morgan fingerprint density at radius 3 is 2.38 bits per heavy atom. The molecule has 0 saturated carbocycles. The molecule has 0 amide bonds. The minimum absolute atomic E-state index is 0.169. The first-order valence-electron chi connectivity index (χ1n) is 8.98. The largest absolute Gasteiger partial charge is 0.508 e. The molecule has 0 spiro atoms. The third-order valence-electron chi connectivity index (χ3n) is 4.22. The molecule has 2 aromatic carbocycles. The van der Waals surface area contributed by atoms with Crippen molar-refractivity contribution in [2.45, 2.75) is 56.8 Å². The van der Waals surface area contributed by atoms with Crippen LogP contribution in [0.1, 0.15) is 51.0 Å². The van der Waals surface area contributed by atoms with Crippen molar-refractivity contribution in [2.75, 3.05) is 0 Å². The molecular weight excluding hydrogens is 352 g/mol. The van der Waals surface area contributed by atoms with Crippen LogP contribution in [0, 0.1) is 0 Å². The van der Waals surface area contributed by atoms with E-state index in [1.54, 1.807) is 24.3 Å². The minimum Gasteiger partial charge on any atom is -0.508 e. The Hall–Kier alpha value is -2.05. The maximum atomic E-state index is 11.3. The van der Waals surface area contributed by atoms with Gasteiger partial charge in [0.2, 0.25) is 0 Å². The normalized spacial score (nSPS) is 11.5. The molecule has 0 aliphatic heterocycles. The van der Waals surface area contributed by atoms with Crippen LogP contribution in [0.4, 0.5) is 0 Å². The van der Waals surface area contributed by atoms with Crippen LogP contribution in [0.15, 0.2) is 47.4 Å². The van der Waals surface area contributed by atoms with E-state index < -0.39 is 10.1 Å². The lowest BCUT2D eigenvalue weighted by molar-refractivity contribution is 0.439. The van der Waals surface area contributed by atoms with E-state index >= 15 is 0 Å². The van der Waals surface area contributed by atoms with Crippen LogP contribution in [-0.4, -0.2) is 18.1 Å². The zero-order valence-corrected chi connectivity index (χ0v) is 15.8. The quantitative estimate of drug-likeness (QED) is 0.431. The number of unbranched alkanes of at least 4 members (excludes halogenated alkanes) is 5. The van der Waals surface area contributed by atoms with Gasteiger partial charge in [0.1, 0.15) is 17.2 Å². The summed E-state index contributed by atoms with van der Waals surface area (Å²) >= 11 is 0. The second-order valence-electron chi connectivity index (χ2n) is 6.32. The standard InChI is InChI=1S/C20H26O5S/c1-2-3-4-5-6-7-12-18-19(21)13-9-14-20(18)25-16-10-8-11-17(15-16)26(22,23)24/h8-11,13-15,21H,2-7,12H2,1H3,(H,22,23,24). The van der Waals surface area contributed by atoms with Crippen LogP contribution in [0.5, 0.6) is 17.2 Å². The van der Waals surface area contributed by atoms with Gasteiger partial charge in [0.05, 0.1) is 4.90 Å². The summed E-state index contributed by atoms with van der Waals surface area (Å²) in [6.45, 7) is 2.18. The van der Waals surface area contributed by atoms with Crippen molar-refractivity contribution >= 4 is 10.1 Å². The highest BCUT2D eigenvalue weighted by Crippen LogP contribution is 2.33. The Balaban J connectivity index is 2.09.